The molecule has 6 nitrogen and oxygen atoms in total. The zero-order chi connectivity index (χ0) is 17.9. The van der Waals surface area contributed by atoms with Gasteiger partial charge in [0.25, 0.3) is 5.91 Å². The molecule has 0 unspecified atom stereocenters. The van der Waals surface area contributed by atoms with Crippen molar-refractivity contribution < 1.29 is 14.3 Å². The number of ether oxygens (including phenoxy) is 2. The molecule has 0 radical (unpaired) electrons. The van der Waals surface area contributed by atoms with Gasteiger partial charge in [-0.2, -0.15) is 0 Å². The minimum atomic E-state index is -0.701. The maximum Gasteiger partial charge on any atom is 0.272 e. The number of rotatable bonds is 4. The van der Waals surface area contributed by atoms with E-state index in [2.05, 4.69) is 9.97 Å². The first-order valence-corrected chi connectivity index (χ1v) is 8.45. The molecule has 26 heavy (non-hydrogen) atoms. The number of para-hydroxylation sites is 3. The Kier molecular flexibility index (Phi) is 4.31. The number of benzene rings is 2. The van der Waals surface area contributed by atoms with Gasteiger partial charge in [0.15, 0.2) is 11.5 Å². The molecule has 4 rings (SSSR count). The van der Waals surface area contributed by atoms with E-state index in [0.29, 0.717) is 18.0 Å². The highest BCUT2D eigenvalue weighted by Gasteiger charge is 2.32. The third-order valence-electron chi connectivity index (χ3n) is 4.34. The fourth-order valence-corrected chi connectivity index (χ4v) is 3.00. The quantitative estimate of drug-likeness (QED) is 0.786. The van der Waals surface area contributed by atoms with Crippen LogP contribution in [-0.2, 0) is 11.3 Å². The van der Waals surface area contributed by atoms with Crippen molar-refractivity contribution in [3.8, 4) is 11.5 Å². The molecule has 1 N–H and O–H groups in total. The van der Waals surface area contributed by atoms with E-state index in [-0.39, 0.29) is 12.5 Å². The summed E-state index contributed by atoms with van der Waals surface area (Å²) in [7, 11) is 0. The second kappa shape index (κ2) is 6.92. The van der Waals surface area contributed by atoms with E-state index >= 15 is 0 Å². The summed E-state index contributed by atoms with van der Waals surface area (Å²) in [5, 5.41) is 0. The van der Waals surface area contributed by atoms with Crippen molar-refractivity contribution in [2.24, 2.45) is 0 Å². The van der Waals surface area contributed by atoms with Gasteiger partial charge in [-0.25, -0.2) is 4.98 Å². The molecule has 2 heterocycles. The summed E-state index contributed by atoms with van der Waals surface area (Å²) in [6.07, 6.45) is 2.62. The Morgan fingerprint density at radius 3 is 2.73 bits per heavy atom. The predicted octanol–water partition coefficient (Wildman–Crippen LogP) is 3.09. The summed E-state index contributed by atoms with van der Waals surface area (Å²) in [6, 6.07) is 15.2. The summed E-state index contributed by atoms with van der Waals surface area (Å²) in [4.78, 5) is 22.1. The fraction of sp³-hybridized carbons (Fsp3) is 0.200. The first-order valence-electron chi connectivity index (χ1n) is 8.45. The molecule has 1 atom stereocenters. The third kappa shape index (κ3) is 3.13. The third-order valence-corrected chi connectivity index (χ3v) is 4.34. The lowest BCUT2D eigenvalue weighted by atomic mass is 10.1. The number of aromatic amines is 1. The van der Waals surface area contributed by atoms with Crippen LogP contribution in [0.4, 0.5) is 5.69 Å². The Bertz CT molecular complexity index is 908. The molecule has 0 saturated carbocycles. The number of nitrogens with one attached hydrogen (secondary N) is 1. The van der Waals surface area contributed by atoms with E-state index in [1.165, 1.54) is 0 Å². The zero-order valence-electron chi connectivity index (χ0n) is 14.4. The van der Waals surface area contributed by atoms with Gasteiger partial charge in [-0.15, -0.1) is 0 Å². The molecule has 3 aromatic rings. The molecule has 1 aliphatic heterocycles. The molecular weight excluding hydrogens is 330 g/mol. The second-order valence-corrected chi connectivity index (χ2v) is 6.15. The number of fused-ring (bicyclic) bond motifs is 1. The van der Waals surface area contributed by atoms with Gasteiger partial charge >= 0.3 is 0 Å². The number of carbonyl (C=O) groups is 1. The Morgan fingerprint density at radius 2 is 1.96 bits per heavy atom. The van der Waals surface area contributed by atoms with E-state index in [9.17, 15) is 4.79 Å². The molecule has 0 bridgehead atoms. The van der Waals surface area contributed by atoms with Crippen molar-refractivity contribution in [2.45, 2.75) is 19.6 Å². The molecular formula is C20H19N3O3. The molecule has 132 valence electrons. The molecule has 2 aromatic carbocycles. The topological polar surface area (TPSA) is 67.5 Å². The first-order chi connectivity index (χ1) is 12.7. The van der Waals surface area contributed by atoms with E-state index in [0.717, 1.165) is 16.9 Å². The highest BCUT2D eigenvalue weighted by Crippen LogP contribution is 2.32. The van der Waals surface area contributed by atoms with Crippen LogP contribution >= 0.6 is 0 Å². The number of carbonyl (C=O) groups excluding carboxylic acids is 1. The van der Waals surface area contributed by atoms with Crippen molar-refractivity contribution in [1.82, 2.24) is 9.97 Å². The van der Waals surface area contributed by atoms with Gasteiger partial charge in [-0.05, 0) is 30.7 Å². The van der Waals surface area contributed by atoms with Crippen LogP contribution < -0.4 is 14.4 Å². The minimum Gasteiger partial charge on any atom is -0.485 e. The smallest absolute Gasteiger partial charge is 0.272 e. The summed E-state index contributed by atoms with van der Waals surface area (Å²) in [6.45, 7) is 2.54. The van der Waals surface area contributed by atoms with Crippen molar-refractivity contribution in [3.05, 3.63) is 72.3 Å². The van der Waals surface area contributed by atoms with Gasteiger partial charge < -0.3 is 19.4 Å². The molecule has 6 heteroatoms. The monoisotopic (exact) mass is 349 g/mol. The maximum absolute atomic E-state index is 13.3. The molecule has 1 aliphatic rings. The minimum absolute atomic E-state index is 0.150. The van der Waals surface area contributed by atoms with Crippen LogP contribution in [0.25, 0.3) is 0 Å². The summed E-state index contributed by atoms with van der Waals surface area (Å²) >= 11 is 0. The molecule has 1 amide bonds. The normalized spacial score (nSPS) is 15.5. The van der Waals surface area contributed by atoms with Gasteiger partial charge in [-0.3, -0.25) is 4.79 Å². The van der Waals surface area contributed by atoms with Crippen LogP contribution in [0, 0.1) is 6.92 Å². The highest BCUT2D eigenvalue weighted by molar-refractivity contribution is 5.97. The number of aryl methyl sites for hydroxylation is 1. The van der Waals surface area contributed by atoms with Gasteiger partial charge in [0.05, 0.1) is 18.6 Å². The average molecular weight is 349 g/mol. The predicted molar refractivity (Wildman–Crippen MR) is 97.3 cm³/mol. The van der Waals surface area contributed by atoms with Gasteiger partial charge in [0, 0.05) is 11.9 Å². The number of H-pyrrole nitrogens is 1. The number of aromatic nitrogens is 2. The van der Waals surface area contributed by atoms with E-state index in [1.807, 2.05) is 55.5 Å². The van der Waals surface area contributed by atoms with E-state index in [1.54, 1.807) is 17.4 Å². The second-order valence-electron chi connectivity index (χ2n) is 6.15. The number of anilines is 1. The van der Waals surface area contributed by atoms with Crippen molar-refractivity contribution >= 4 is 11.6 Å². The Morgan fingerprint density at radius 1 is 1.19 bits per heavy atom. The fourth-order valence-electron chi connectivity index (χ4n) is 3.00. The SMILES string of the molecule is Cc1ccccc1N(Cc1cnc[nH]1)C(=O)[C@@H]1COc2ccccc2O1. The summed E-state index contributed by atoms with van der Waals surface area (Å²) < 4.78 is 11.6. The lowest BCUT2D eigenvalue weighted by molar-refractivity contribution is -0.127. The number of amides is 1. The summed E-state index contributed by atoms with van der Waals surface area (Å²) in [5.74, 6) is 1.10. The molecule has 0 aliphatic carbocycles. The van der Waals surface area contributed by atoms with E-state index < -0.39 is 6.10 Å². The maximum atomic E-state index is 13.3. The molecule has 0 fully saturated rings. The molecule has 0 saturated heterocycles. The number of nitrogens with zero attached hydrogens (tertiary/aromatic N) is 2. The van der Waals surface area contributed by atoms with Crippen LogP contribution in [-0.4, -0.2) is 28.6 Å². The average Bonchev–Trinajstić information content (AvgIpc) is 3.19. The van der Waals surface area contributed by atoms with Crippen LogP contribution in [0.1, 0.15) is 11.3 Å². The van der Waals surface area contributed by atoms with Gasteiger partial charge in [0.1, 0.15) is 6.61 Å². The standard InChI is InChI=1S/C20H19N3O3/c1-14-6-2-3-7-16(14)23(11-15-10-21-13-22-15)20(24)19-12-25-17-8-4-5-9-18(17)26-19/h2-10,13,19H,11-12H2,1H3,(H,21,22)/t19-/m0/s1. The van der Waals surface area contributed by atoms with Gasteiger partial charge in [0.2, 0.25) is 6.10 Å². The van der Waals surface area contributed by atoms with Crippen molar-refractivity contribution in [3.63, 3.8) is 0 Å². The largest absolute Gasteiger partial charge is 0.485 e. The Labute approximate surface area is 151 Å². The zero-order valence-corrected chi connectivity index (χ0v) is 14.4. The molecule has 0 spiro atoms. The van der Waals surface area contributed by atoms with Crippen LogP contribution in [0.3, 0.4) is 0 Å². The van der Waals surface area contributed by atoms with Crippen molar-refractivity contribution in [2.75, 3.05) is 11.5 Å². The number of imidazole rings is 1. The van der Waals surface area contributed by atoms with Crippen LogP contribution in [0.15, 0.2) is 61.1 Å². The van der Waals surface area contributed by atoms with Gasteiger partial charge in [-0.1, -0.05) is 30.3 Å². The first kappa shape index (κ1) is 16.2. The lowest BCUT2D eigenvalue weighted by Gasteiger charge is -2.31. The number of hydrogen-bond acceptors (Lipinski definition) is 4. The van der Waals surface area contributed by atoms with Crippen LogP contribution in [0.2, 0.25) is 0 Å². The molecule has 1 aromatic heterocycles. The Hall–Kier alpha value is -3.28. The van der Waals surface area contributed by atoms with Crippen LogP contribution in [0.5, 0.6) is 11.5 Å². The highest BCUT2D eigenvalue weighted by atomic mass is 16.6. The van der Waals surface area contributed by atoms with E-state index in [4.69, 9.17) is 9.47 Å². The summed E-state index contributed by atoms with van der Waals surface area (Å²) in [5.41, 5.74) is 2.70. The van der Waals surface area contributed by atoms with Crippen molar-refractivity contribution in [1.29, 1.82) is 0 Å². The number of hydrogen-bond donors (Lipinski definition) is 1. The lowest BCUT2D eigenvalue weighted by Crippen LogP contribution is -2.46. The Balaban J connectivity index is 1.63.